The molecular weight excluding hydrogens is 530 g/mol. The van der Waals surface area contributed by atoms with Crippen molar-refractivity contribution in [3.05, 3.63) is 89.5 Å². The summed E-state index contributed by atoms with van der Waals surface area (Å²) in [5, 5.41) is 9.18. The van der Waals surface area contributed by atoms with E-state index in [1.165, 1.54) is 5.01 Å². The first-order valence-corrected chi connectivity index (χ1v) is 14.5. The minimum Gasteiger partial charge on any atom is -0.462 e. The van der Waals surface area contributed by atoms with Gasteiger partial charge in [0.15, 0.2) is 0 Å². The van der Waals surface area contributed by atoms with E-state index in [2.05, 4.69) is 5.43 Å². The lowest BCUT2D eigenvalue weighted by Crippen LogP contribution is -2.53. The molecule has 218 valence electrons. The molecule has 4 N–H and O–H groups in total. The van der Waals surface area contributed by atoms with Crippen molar-refractivity contribution in [1.82, 2.24) is 10.3 Å². The van der Waals surface area contributed by atoms with Crippen LogP contribution in [0.5, 0.6) is 0 Å². The number of amidine groups is 1. The summed E-state index contributed by atoms with van der Waals surface area (Å²) in [5.41, 5.74) is 13.4. The molecule has 1 aliphatic heterocycles. The largest absolute Gasteiger partial charge is 0.462 e. The maximum absolute atomic E-state index is 14.1. The first kappa shape index (κ1) is 28.9. The number of esters is 1. The Morgan fingerprint density at radius 2 is 1.71 bits per heavy atom. The predicted octanol–water partition coefficient (Wildman–Crippen LogP) is 4.32. The second kappa shape index (κ2) is 13.3. The van der Waals surface area contributed by atoms with E-state index < -0.39 is 12.0 Å². The Kier molecular flexibility index (Phi) is 9.16. The lowest BCUT2D eigenvalue weighted by atomic mass is 9.98. The van der Waals surface area contributed by atoms with Gasteiger partial charge in [-0.2, -0.15) is 0 Å². The van der Waals surface area contributed by atoms with Crippen molar-refractivity contribution in [2.24, 2.45) is 5.73 Å². The first-order valence-electron chi connectivity index (χ1n) is 14.5. The highest BCUT2D eigenvalue weighted by atomic mass is 16.5. The molecule has 3 aromatic carbocycles. The smallest absolute Gasteiger partial charge is 0.308 e. The van der Waals surface area contributed by atoms with Gasteiger partial charge in [0.25, 0.3) is 0 Å². The summed E-state index contributed by atoms with van der Waals surface area (Å²) in [5.74, 6) is -0.685. The predicted molar refractivity (Wildman–Crippen MR) is 162 cm³/mol. The van der Waals surface area contributed by atoms with E-state index in [0.29, 0.717) is 37.2 Å². The average molecular weight is 568 g/mol. The number of hydrazine groups is 1. The van der Waals surface area contributed by atoms with E-state index in [4.69, 9.17) is 15.9 Å². The summed E-state index contributed by atoms with van der Waals surface area (Å²) in [6.45, 7) is 0.758. The molecule has 0 radical (unpaired) electrons. The number of nitrogens with one attached hydrogen (secondary N) is 2. The molecule has 0 aromatic heterocycles. The average Bonchev–Trinajstić information content (AvgIpc) is 3.11. The van der Waals surface area contributed by atoms with Crippen LogP contribution in [0.3, 0.4) is 0 Å². The van der Waals surface area contributed by atoms with Crippen molar-refractivity contribution in [2.45, 2.75) is 63.6 Å². The molecule has 0 spiro atoms. The number of anilines is 1. The van der Waals surface area contributed by atoms with Crippen LogP contribution in [0.15, 0.2) is 72.8 Å². The molecule has 1 fully saturated rings. The van der Waals surface area contributed by atoms with Gasteiger partial charge < -0.3 is 15.4 Å². The number of nitrogen functional groups attached to an aromatic ring is 1. The molecule has 0 bridgehead atoms. The SMILES string of the molecule is N=C(N)c1ccc(-c2ccc3c(c2)CN(CCc2ccccc2)C(=O)C(CC(=O)OC2CCCCC2)N3NC=O)cc1. The molecule has 2 aliphatic rings. The Labute approximate surface area is 246 Å². The first-order chi connectivity index (χ1) is 20.4. The summed E-state index contributed by atoms with van der Waals surface area (Å²) in [7, 11) is 0. The van der Waals surface area contributed by atoms with E-state index >= 15 is 0 Å². The number of rotatable bonds is 10. The number of carbonyl (C=O) groups excluding carboxylic acids is 3. The number of benzene rings is 3. The van der Waals surface area contributed by atoms with Crippen LogP contribution in [0.2, 0.25) is 0 Å². The van der Waals surface area contributed by atoms with Crippen LogP contribution < -0.4 is 16.2 Å². The van der Waals surface area contributed by atoms with Gasteiger partial charge in [-0.1, -0.05) is 67.1 Å². The summed E-state index contributed by atoms with van der Waals surface area (Å²) in [6, 6.07) is 22.2. The standard InChI is InChI=1S/C33H37N5O4/c34-32(35)25-13-11-24(12-14-25)26-15-16-29-27(19-26)21-37(18-17-23-7-3-1-4-8-23)33(41)30(38(29)36-22-39)20-31(40)42-28-9-5-2-6-10-28/h1,3-4,7-8,11-16,19,22,28,30H,2,5-6,9-10,17-18,20-21H2,(H3,34,35)(H,36,39). The monoisotopic (exact) mass is 567 g/mol. The molecule has 9 nitrogen and oxygen atoms in total. The van der Waals surface area contributed by atoms with E-state index in [-0.39, 0.29) is 24.3 Å². The Bertz CT molecular complexity index is 1420. The lowest BCUT2D eigenvalue weighted by Gasteiger charge is -2.32. The Balaban J connectivity index is 1.47. The van der Waals surface area contributed by atoms with Crippen molar-refractivity contribution < 1.29 is 19.1 Å². The summed E-state index contributed by atoms with van der Waals surface area (Å²) in [6.07, 6.45) is 5.75. The summed E-state index contributed by atoms with van der Waals surface area (Å²) in [4.78, 5) is 40.8. The van der Waals surface area contributed by atoms with Crippen LogP contribution in [-0.4, -0.2) is 47.7 Å². The topological polar surface area (TPSA) is 129 Å². The van der Waals surface area contributed by atoms with Crippen LogP contribution in [0.1, 0.15) is 55.2 Å². The summed E-state index contributed by atoms with van der Waals surface area (Å²) >= 11 is 0. The van der Waals surface area contributed by atoms with E-state index in [0.717, 1.165) is 54.4 Å². The van der Waals surface area contributed by atoms with Crippen LogP contribution in [-0.2, 0) is 32.1 Å². The zero-order valence-corrected chi connectivity index (χ0v) is 23.6. The molecule has 5 rings (SSSR count). The van der Waals surface area contributed by atoms with Crippen molar-refractivity contribution in [3.8, 4) is 11.1 Å². The molecule has 1 heterocycles. The second-order valence-corrected chi connectivity index (χ2v) is 10.9. The van der Waals surface area contributed by atoms with Crippen LogP contribution in [0.25, 0.3) is 11.1 Å². The number of fused-ring (bicyclic) bond motifs is 1. The Morgan fingerprint density at radius 3 is 2.40 bits per heavy atom. The van der Waals surface area contributed by atoms with Gasteiger partial charge in [0.2, 0.25) is 12.3 Å². The summed E-state index contributed by atoms with van der Waals surface area (Å²) < 4.78 is 5.79. The number of nitrogens with zero attached hydrogens (tertiary/aromatic N) is 2. The van der Waals surface area contributed by atoms with Gasteiger partial charge in [0.1, 0.15) is 18.0 Å². The van der Waals surface area contributed by atoms with E-state index in [9.17, 15) is 14.4 Å². The molecular formula is C33H37N5O4. The minimum absolute atomic E-state index is 0.000293. The molecule has 3 aromatic rings. The van der Waals surface area contributed by atoms with Crippen molar-refractivity contribution in [3.63, 3.8) is 0 Å². The zero-order chi connectivity index (χ0) is 29.5. The van der Waals surface area contributed by atoms with Crippen LogP contribution in [0, 0.1) is 5.41 Å². The van der Waals surface area contributed by atoms with Crippen LogP contribution >= 0.6 is 0 Å². The fourth-order valence-corrected chi connectivity index (χ4v) is 5.81. The maximum atomic E-state index is 14.1. The van der Waals surface area contributed by atoms with Gasteiger partial charge in [-0.25, -0.2) is 0 Å². The Hall–Kier alpha value is -4.66. The fraction of sp³-hybridized carbons (Fsp3) is 0.333. The zero-order valence-electron chi connectivity index (χ0n) is 23.6. The lowest BCUT2D eigenvalue weighted by molar-refractivity contribution is -0.153. The number of carbonyl (C=O) groups is 3. The third kappa shape index (κ3) is 6.79. The van der Waals surface area contributed by atoms with Gasteiger partial charge >= 0.3 is 5.97 Å². The normalized spacial score (nSPS) is 17.2. The minimum atomic E-state index is -0.955. The second-order valence-electron chi connectivity index (χ2n) is 10.9. The van der Waals surface area contributed by atoms with Gasteiger partial charge in [-0.3, -0.25) is 30.2 Å². The van der Waals surface area contributed by atoms with E-state index in [1.807, 2.05) is 60.7 Å². The maximum Gasteiger partial charge on any atom is 0.308 e. The third-order valence-corrected chi connectivity index (χ3v) is 8.05. The quantitative estimate of drug-likeness (QED) is 0.145. The molecule has 9 heteroatoms. The van der Waals surface area contributed by atoms with Crippen molar-refractivity contribution in [2.75, 3.05) is 11.6 Å². The number of amides is 2. The van der Waals surface area contributed by atoms with Gasteiger partial charge in [-0.05, 0) is 66.5 Å². The number of hydrogen-bond acceptors (Lipinski definition) is 6. The van der Waals surface area contributed by atoms with Crippen molar-refractivity contribution >= 4 is 29.8 Å². The fourth-order valence-electron chi connectivity index (χ4n) is 5.81. The number of ether oxygens (including phenoxy) is 1. The highest BCUT2D eigenvalue weighted by Gasteiger charge is 2.38. The highest BCUT2D eigenvalue weighted by Crippen LogP contribution is 2.33. The molecule has 1 saturated carbocycles. The van der Waals surface area contributed by atoms with Crippen molar-refractivity contribution in [1.29, 1.82) is 5.41 Å². The van der Waals surface area contributed by atoms with Gasteiger partial charge in [0.05, 0.1) is 12.1 Å². The molecule has 1 unspecified atom stereocenters. The molecule has 1 aliphatic carbocycles. The third-order valence-electron chi connectivity index (χ3n) is 8.05. The number of nitrogens with two attached hydrogens (primary N) is 1. The molecule has 1 atom stereocenters. The highest BCUT2D eigenvalue weighted by molar-refractivity contribution is 5.95. The van der Waals surface area contributed by atoms with Crippen LogP contribution in [0.4, 0.5) is 5.69 Å². The number of hydrogen-bond donors (Lipinski definition) is 3. The Morgan fingerprint density at radius 1 is 1.00 bits per heavy atom. The molecule has 42 heavy (non-hydrogen) atoms. The van der Waals surface area contributed by atoms with Gasteiger partial charge in [0, 0.05) is 18.7 Å². The van der Waals surface area contributed by atoms with Gasteiger partial charge in [-0.15, -0.1) is 0 Å². The molecule has 2 amide bonds. The molecule has 0 saturated heterocycles. The van der Waals surface area contributed by atoms with E-state index in [1.54, 1.807) is 17.0 Å².